The maximum atomic E-state index is 2.99. The summed E-state index contributed by atoms with van der Waals surface area (Å²) in [4.78, 5) is 0. The quantitative estimate of drug-likeness (QED) is 0.443. The summed E-state index contributed by atoms with van der Waals surface area (Å²) >= 11 is 0. The summed E-state index contributed by atoms with van der Waals surface area (Å²) in [5, 5.41) is 0. The second-order valence-corrected chi connectivity index (χ2v) is 2.01. The molecule has 0 nitrogen and oxygen atoms in total. The zero-order valence-corrected chi connectivity index (χ0v) is 12.9. The van der Waals surface area contributed by atoms with Crippen molar-refractivity contribution >= 4 is 0 Å². The molecule has 101 valence electrons. The van der Waals surface area contributed by atoms with E-state index in [4.69, 9.17) is 0 Å². The summed E-state index contributed by atoms with van der Waals surface area (Å²) in [5.41, 5.74) is 0. The molecular weight excluding hydrogens is 283 g/mol. The largest absolute Gasteiger partial charge is 0.358 e. The zero-order valence-electron chi connectivity index (χ0n) is 11.2. The summed E-state index contributed by atoms with van der Waals surface area (Å²) < 4.78 is 0. The van der Waals surface area contributed by atoms with Crippen LogP contribution in [0.5, 0.6) is 0 Å². The Labute approximate surface area is 118 Å². The Kier molecular flexibility index (Phi) is 66.1. The SMILES string of the molecule is [C-]1=CC=CC1.[C-]1=CC=CC1.[CH3-].[CH3-].[CH3-].[CH3-].[CH3-].[Rh]. The van der Waals surface area contributed by atoms with Crippen LogP contribution < -0.4 is 0 Å². The van der Waals surface area contributed by atoms with Crippen LogP contribution in [0.1, 0.15) is 12.8 Å². The van der Waals surface area contributed by atoms with Gasteiger partial charge >= 0.3 is 0 Å². The number of allylic oxidation sites excluding steroid dienone is 8. The molecule has 0 heterocycles. The molecule has 0 saturated heterocycles. The third-order valence-corrected chi connectivity index (χ3v) is 1.17. The van der Waals surface area contributed by atoms with Crippen LogP contribution in [0.15, 0.2) is 36.5 Å². The Balaban J connectivity index is -0.0000000227. The van der Waals surface area contributed by atoms with Gasteiger partial charge in [0.2, 0.25) is 0 Å². The molecule has 1 heteroatoms. The molecule has 0 spiro atoms. The first-order valence-corrected chi connectivity index (χ1v) is 3.43. The number of hydrogen-bond acceptors (Lipinski definition) is 0. The van der Waals surface area contributed by atoms with E-state index in [2.05, 4.69) is 24.3 Å². The molecule has 0 aromatic carbocycles. The molecule has 1 radical (unpaired) electrons. The summed E-state index contributed by atoms with van der Waals surface area (Å²) in [6.45, 7) is 0. The van der Waals surface area contributed by atoms with Crippen molar-refractivity contribution in [2.24, 2.45) is 0 Å². The zero-order chi connectivity index (χ0) is 7.07. The van der Waals surface area contributed by atoms with Gasteiger partial charge in [-0.3, -0.25) is 12.2 Å². The molecule has 0 fully saturated rings. The van der Waals surface area contributed by atoms with E-state index in [1.165, 1.54) is 0 Å². The van der Waals surface area contributed by atoms with Gasteiger partial charge in [0.15, 0.2) is 0 Å². The first kappa shape index (κ1) is 36.1. The van der Waals surface area contributed by atoms with Gasteiger partial charge in [0.05, 0.1) is 0 Å². The molecule has 0 saturated carbocycles. The Morgan fingerprint density at radius 3 is 1.00 bits per heavy atom. The van der Waals surface area contributed by atoms with Crippen LogP contribution in [0, 0.1) is 49.3 Å². The van der Waals surface area contributed by atoms with Crippen LogP contribution in [0.4, 0.5) is 0 Å². The molecule has 0 aromatic rings. The van der Waals surface area contributed by atoms with Crippen LogP contribution in [-0.2, 0) is 19.5 Å². The van der Waals surface area contributed by atoms with Crippen molar-refractivity contribution in [3.05, 3.63) is 85.7 Å². The fourth-order valence-corrected chi connectivity index (χ4v) is 0.680. The fourth-order valence-electron chi connectivity index (χ4n) is 0.680. The topological polar surface area (TPSA) is 0 Å². The predicted octanol–water partition coefficient (Wildman–Crippen LogP) is 4.86. The fraction of sp³-hybridized carbons (Fsp3) is 0.133. The van der Waals surface area contributed by atoms with E-state index >= 15 is 0 Å². The predicted molar refractivity (Wildman–Crippen MR) is 75.2 cm³/mol. The molecule has 2 rings (SSSR count). The summed E-state index contributed by atoms with van der Waals surface area (Å²) in [6.07, 6.45) is 20.0. The van der Waals surface area contributed by atoms with Crippen LogP contribution in [-0.4, -0.2) is 0 Å². The van der Waals surface area contributed by atoms with Gasteiger partial charge in [-0.05, 0) is 0 Å². The summed E-state index contributed by atoms with van der Waals surface area (Å²) in [7, 11) is 0. The van der Waals surface area contributed by atoms with E-state index in [1.54, 1.807) is 0 Å². The van der Waals surface area contributed by atoms with Gasteiger partial charge in [-0.25, -0.2) is 24.3 Å². The van der Waals surface area contributed by atoms with Crippen molar-refractivity contribution in [3.8, 4) is 0 Å². The minimum Gasteiger partial charge on any atom is -0.358 e. The minimum atomic E-state index is 0. The monoisotopic (exact) mass is 308 g/mol. The van der Waals surface area contributed by atoms with E-state index in [1.807, 2.05) is 24.3 Å². The van der Waals surface area contributed by atoms with Crippen molar-refractivity contribution in [3.63, 3.8) is 0 Å². The first-order valence-electron chi connectivity index (χ1n) is 3.43. The van der Waals surface area contributed by atoms with Crippen molar-refractivity contribution in [1.82, 2.24) is 0 Å². The Morgan fingerprint density at radius 2 is 0.938 bits per heavy atom. The maximum absolute atomic E-state index is 2.99. The normalized spacial score (nSPS) is 11.0. The molecule has 2 aliphatic carbocycles. The molecule has 0 amide bonds. The van der Waals surface area contributed by atoms with Crippen molar-refractivity contribution in [2.45, 2.75) is 12.8 Å². The Hall–Kier alpha value is -0.417. The van der Waals surface area contributed by atoms with Crippen molar-refractivity contribution in [2.75, 3.05) is 0 Å². The second kappa shape index (κ2) is 29.3. The molecule has 0 N–H and O–H groups in total. The summed E-state index contributed by atoms with van der Waals surface area (Å²) in [5.74, 6) is 0. The number of hydrogen-bond donors (Lipinski definition) is 0. The maximum Gasteiger partial charge on any atom is 0 e. The molecule has 0 atom stereocenters. The van der Waals surface area contributed by atoms with Gasteiger partial charge in [-0.15, -0.1) is 12.8 Å². The standard InChI is InChI=1S/2C5H5.5CH3.Rh/c2*1-2-4-5-3-1;;;;;;/h2*1-3H,4H2;5*1H3;/q7*-1;. The van der Waals surface area contributed by atoms with Crippen LogP contribution in [0.2, 0.25) is 0 Å². The molecule has 16 heavy (non-hydrogen) atoms. The van der Waals surface area contributed by atoms with Gasteiger partial charge in [-0.2, -0.15) is 12.2 Å². The molecule has 0 bridgehead atoms. The van der Waals surface area contributed by atoms with E-state index < -0.39 is 0 Å². The van der Waals surface area contributed by atoms with Crippen molar-refractivity contribution in [1.29, 1.82) is 0 Å². The number of rotatable bonds is 0. The third-order valence-electron chi connectivity index (χ3n) is 1.17. The van der Waals surface area contributed by atoms with E-state index in [0.29, 0.717) is 0 Å². The minimum absolute atomic E-state index is 0. The van der Waals surface area contributed by atoms with Crippen molar-refractivity contribution < 1.29 is 19.5 Å². The van der Waals surface area contributed by atoms with Crippen LogP contribution in [0.25, 0.3) is 0 Å². The average molecular weight is 308 g/mol. The van der Waals surface area contributed by atoms with E-state index in [9.17, 15) is 0 Å². The van der Waals surface area contributed by atoms with E-state index in [0.717, 1.165) is 12.8 Å². The first-order chi connectivity index (χ1) is 5.00. The smallest absolute Gasteiger partial charge is 0 e. The molecule has 0 aliphatic heterocycles. The summed E-state index contributed by atoms with van der Waals surface area (Å²) in [6, 6.07) is 0. The Bertz CT molecular complexity index is 144. The van der Waals surface area contributed by atoms with Crippen LogP contribution in [0.3, 0.4) is 0 Å². The average Bonchev–Trinajstić information content (AvgIpc) is 2.67. The molecular formula is C15H25Rh-7. The van der Waals surface area contributed by atoms with E-state index in [-0.39, 0.29) is 56.6 Å². The Morgan fingerprint density at radius 1 is 0.625 bits per heavy atom. The van der Waals surface area contributed by atoms with Gasteiger partial charge < -0.3 is 37.1 Å². The molecule has 0 aromatic heterocycles. The third kappa shape index (κ3) is 23.4. The molecule has 0 unspecified atom stereocenters. The van der Waals surface area contributed by atoms with Gasteiger partial charge in [-0.1, -0.05) is 0 Å². The van der Waals surface area contributed by atoms with Gasteiger partial charge in [0, 0.05) is 19.5 Å². The second-order valence-electron chi connectivity index (χ2n) is 2.01. The van der Waals surface area contributed by atoms with Gasteiger partial charge in [0.25, 0.3) is 0 Å². The van der Waals surface area contributed by atoms with Crippen LogP contribution >= 0.6 is 0 Å². The van der Waals surface area contributed by atoms with Gasteiger partial charge in [0.1, 0.15) is 0 Å². The molecule has 2 aliphatic rings.